The SMILES string of the molecule is COc1cc(C(C)NC(=O)c2ccc(NC(=O)C3CC3)cc2)cc(OC)c1OC. The highest BCUT2D eigenvalue weighted by molar-refractivity contribution is 5.97. The molecule has 1 saturated carbocycles. The number of hydrogen-bond donors (Lipinski definition) is 2. The first-order valence-electron chi connectivity index (χ1n) is 9.48. The Hall–Kier alpha value is -3.22. The van der Waals surface area contributed by atoms with Gasteiger partial charge in [0.1, 0.15) is 0 Å². The minimum Gasteiger partial charge on any atom is -0.493 e. The Morgan fingerprint density at radius 1 is 0.966 bits per heavy atom. The summed E-state index contributed by atoms with van der Waals surface area (Å²) in [6.07, 6.45) is 1.90. The van der Waals surface area contributed by atoms with Crippen LogP contribution in [0.25, 0.3) is 0 Å². The predicted molar refractivity (Wildman–Crippen MR) is 110 cm³/mol. The van der Waals surface area contributed by atoms with E-state index in [1.807, 2.05) is 19.1 Å². The molecule has 7 heteroatoms. The van der Waals surface area contributed by atoms with E-state index in [-0.39, 0.29) is 23.8 Å². The molecule has 2 N–H and O–H groups in total. The summed E-state index contributed by atoms with van der Waals surface area (Å²) in [7, 11) is 4.64. The Labute approximate surface area is 170 Å². The van der Waals surface area contributed by atoms with Crippen molar-refractivity contribution in [2.45, 2.75) is 25.8 Å². The Morgan fingerprint density at radius 2 is 1.55 bits per heavy atom. The summed E-state index contributed by atoms with van der Waals surface area (Å²) in [6.45, 7) is 1.88. The number of carbonyl (C=O) groups excluding carboxylic acids is 2. The van der Waals surface area contributed by atoms with Crippen LogP contribution in [0, 0.1) is 5.92 Å². The lowest BCUT2D eigenvalue weighted by Gasteiger charge is -2.19. The lowest BCUT2D eigenvalue weighted by Crippen LogP contribution is -2.26. The molecule has 3 rings (SSSR count). The summed E-state index contributed by atoms with van der Waals surface area (Å²) in [6, 6.07) is 10.2. The van der Waals surface area contributed by atoms with E-state index in [1.165, 1.54) is 0 Å². The molecule has 0 bridgehead atoms. The molecule has 1 fully saturated rings. The van der Waals surface area contributed by atoms with Crippen molar-refractivity contribution in [3.63, 3.8) is 0 Å². The van der Waals surface area contributed by atoms with Crippen LogP contribution in [-0.4, -0.2) is 33.1 Å². The maximum absolute atomic E-state index is 12.6. The number of nitrogens with one attached hydrogen (secondary N) is 2. The standard InChI is InChI=1S/C22H26N2O5/c1-13(16-11-18(27-2)20(29-4)19(12-16)28-3)23-21(25)15-7-9-17(10-8-15)24-22(26)14-5-6-14/h7-14H,5-6H2,1-4H3,(H,23,25)(H,24,26). The van der Waals surface area contributed by atoms with Crippen LogP contribution in [0.3, 0.4) is 0 Å². The topological polar surface area (TPSA) is 85.9 Å². The highest BCUT2D eigenvalue weighted by Crippen LogP contribution is 2.39. The van der Waals surface area contributed by atoms with Crippen LogP contribution < -0.4 is 24.8 Å². The first kappa shape index (κ1) is 20.5. The molecule has 0 aromatic heterocycles. The van der Waals surface area contributed by atoms with E-state index in [0.29, 0.717) is 28.5 Å². The van der Waals surface area contributed by atoms with Crippen LogP contribution in [0.5, 0.6) is 17.2 Å². The van der Waals surface area contributed by atoms with E-state index in [9.17, 15) is 9.59 Å². The van der Waals surface area contributed by atoms with Crippen molar-refractivity contribution >= 4 is 17.5 Å². The predicted octanol–water partition coefficient (Wildman–Crippen LogP) is 3.55. The lowest BCUT2D eigenvalue weighted by atomic mass is 10.1. The first-order chi connectivity index (χ1) is 14.0. The average Bonchev–Trinajstić information content (AvgIpc) is 3.58. The van der Waals surface area contributed by atoms with Gasteiger partial charge in [-0.05, 0) is 61.7 Å². The van der Waals surface area contributed by atoms with Crippen molar-refractivity contribution in [2.24, 2.45) is 5.92 Å². The van der Waals surface area contributed by atoms with Gasteiger partial charge in [0.2, 0.25) is 11.7 Å². The molecule has 0 spiro atoms. The van der Waals surface area contributed by atoms with Gasteiger partial charge in [-0.3, -0.25) is 9.59 Å². The highest BCUT2D eigenvalue weighted by Gasteiger charge is 2.29. The Kier molecular flexibility index (Phi) is 6.26. The summed E-state index contributed by atoms with van der Waals surface area (Å²) in [5, 5.41) is 5.83. The van der Waals surface area contributed by atoms with Crippen LogP contribution in [-0.2, 0) is 4.79 Å². The number of amides is 2. The van der Waals surface area contributed by atoms with Crippen LogP contribution in [0.15, 0.2) is 36.4 Å². The van der Waals surface area contributed by atoms with Gasteiger partial charge in [0.15, 0.2) is 11.5 Å². The van der Waals surface area contributed by atoms with Crippen molar-refractivity contribution < 1.29 is 23.8 Å². The molecular weight excluding hydrogens is 372 g/mol. The Balaban J connectivity index is 1.69. The van der Waals surface area contributed by atoms with Gasteiger partial charge in [-0.1, -0.05) is 0 Å². The summed E-state index contributed by atoms with van der Waals surface area (Å²) >= 11 is 0. The fourth-order valence-electron chi connectivity index (χ4n) is 3.01. The number of benzene rings is 2. The van der Waals surface area contributed by atoms with Crippen LogP contribution in [0.4, 0.5) is 5.69 Å². The van der Waals surface area contributed by atoms with Crippen molar-refractivity contribution in [3.05, 3.63) is 47.5 Å². The molecule has 2 amide bonds. The molecule has 7 nitrogen and oxygen atoms in total. The number of ether oxygens (including phenoxy) is 3. The molecule has 1 aliphatic carbocycles. The van der Waals surface area contributed by atoms with Crippen molar-refractivity contribution in [1.82, 2.24) is 5.32 Å². The van der Waals surface area contributed by atoms with Gasteiger partial charge in [0, 0.05) is 17.2 Å². The molecule has 0 aliphatic heterocycles. The molecule has 0 heterocycles. The molecule has 29 heavy (non-hydrogen) atoms. The zero-order valence-electron chi connectivity index (χ0n) is 17.1. The molecule has 1 atom stereocenters. The van der Waals surface area contributed by atoms with Crippen LogP contribution in [0.1, 0.15) is 41.7 Å². The fourth-order valence-corrected chi connectivity index (χ4v) is 3.01. The molecule has 2 aromatic rings. The number of rotatable bonds is 8. The average molecular weight is 398 g/mol. The molecule has 1 aliphatic rings. The largest absolute Gasteiger partial charge is 0.493 e. The highest BCUT2D eigenvalue weighted by atomic mass is 16.5. The van der Waals surface area contributed by atoms with Crippen molar-refractivity contribution in [2.75, 3.05) is 26.6 Å². The van der Waals surface area contributed by atoms with Crippen LogP contribution >= 0.6 is 0 Å². The number of hydrogen-bond acceptors (Lipinski definition) is 5. The van der Waals surface area contributed by atoms with Crippen molar-refractivity contribution in [3.8, 4) is 17.2 Å². The number of methoxy groups -OCH3 is 3. The second-order valence-corrected chi connectivity index (χ2v) is 6.99. The van der Waals surface area contributed by atoms with Gasteiger partial charge in [0.05, 0.1) is 27.4 Å². The molecular formula is C22H26N2O5. The molecule has 0 saturated heterocycles. The van der Waals surface area contributed by atoms with E-state index in [4.69, 9.17) is 14.2 Å². The minimum atomic E-state index is -0.287. The van der Waals surface area contributed by atoms with Gasteiger partial charge in [-0.15, -0.1) is 0 Å². The molecule has 154 valence electrons. The van der Waals surface area contributed by atoms with Gasteiger partial charge >= 0.3 is 0 Å². The third-order valence-electron chi connectivity index (χ3n) is 4.90. The summed E-state index contributed by atoms with van der Waals surface area (Å²) < 4.78 is 16.1. The lowest BCUT2D eigenvalue weighted by molar-refractivity contribution is -0.117. The molecule has 1 unspecified atom stereocenters. The quantitative estimate of drug-likeness (QED) is 0.710. The second kappa shape index (κ2) is 8.86. The zero-order valence-corrected chi connectivity index (χ0v) is 17.1. The normalized spacial score (nSPS) is 13.9. The van der Waals surface area contributed by atoms with Gasteiger partial charge < -0.3 is 24.8 Å². The maximum atomic E-state index is 12.6. The summed E-state index contributed by atoms with van der Waals surface area (Å²) in [4.78, 5) is 24.5. The minimum absolute atomic E-state index is 0.0400. The molecule has 0 radical (unpaired) electrons. The van der Waals surface area contributed by atoms with Gasteiger partial charge in [-0.2, -0.15) is 0 Å². The maximum Gasteiger partial charge on any atom is 0.251 e. The van der Waals surface area contributed by atoms with E-state index < -0.39 is 0 Å². The summed E-state index contributed by atoms with van der Waals surface area (Å²) in [5.41, 5.74) is 2.02. The number of anilines is 1. The zero-order chi connectivity index (χ0) is 21.0. The number of carbonyl (C=O) groups is 2. The van der Waals surface area contributed by atoms with Gasteiger partial charge in [0.25, 0.3) is 5.91 Å². The van der Waals surface area contributed by atoms with Crippen LogP contribution in [0.2, 0.25) is 0 Å². The molecule has 2 aromatic carbocycles. The van der Waals surface area contributed by atoms with E-state index in [1.54, 1.807) is 45.6 Å². The third kappa shape index (κ3) is 4.80. The fraction of sp³-hybridized carbons (Fsp3) is 0.364. The smallest absolute Gasteiger partial charge is 0.251 e. The second-order valence-electron chi connectivity index (χ2n) is 6.99. The van der Waals surface area contributed by atoms with E-state index >= 15 is 0 Å². The monoisotopic (exact) mass is 398 g/mol. The van der Waals surface area contributed by atoms with E-state index in [2.05, 4.69) is 10.6 Å². The van der Waals surface area contributed by atoms with Gasteiger partial charge in [-0.25, -0.2) is 0 Å². The Bertz CT molecular complexity index is 866. The van der Waals surface area contributed by atoms with Crippen molar-refractivity contribution in [1.29, 1.82) is 0 Å². The summed E-state index contributed by atoms with van der Waals surface area (Å²) in [5.74, 6) is 1.51. The third-order valence-corrected chi connectivity index (χ3v) is 4.90. The first-order valence-corrected chi connectivity index (χ1v) is 9.48. The van der Waals surface area contributed by atoms with E-state index in [0.717, 1.165) is 18.4 Å². The Morgan fingerprint density at radius 3 is 2.03 bits per heavy atom.